The van der Waals surface area contributed by atoms with Gasteiger partial charge in [0, 0.05) is 29.3 Å². The summed E-state index contributed by atoms with van der Waals surface area (Å²) in [5, 5.41) is 8.87. The van der Waals surface area contributed by atoms with Crippen LogP contribution < -0.4 is 5.32 Å². The molecule has 4 aromatic rings. The summed E-state index contributed by atoms with van der Waals surface area (Å²) in [6, 6.07) is 19.7. The minimum Gasteiger partial charge on any atom is -0.343 e. The number of rotatable bonds is 5. The predicted molar refractivity (Wildman–Crippen MR) is 108 cm³/mol. The molecule has 0 amide bonds. The number of aryl methyl sites for hydroxylation is 1. The molecule has 1 aliphatic heterocycles. The summed E-state index contributed by atoms with van der Waals surface area (Å²) in [7, 11) is 0. The van der Waals surface area contributed by atoms with Gasteiger partial charge >= 0.3 is 0 Å². The van der Waals surface area contributed by atoms with Gasteiger partial charge in [-0.15, -0.1) is 0 Å². The van der Waals surface area contributed by atoms with Gasteiger partial charge in [0.2, 0.25) is 0 Å². The second-order valence-corrected chi connectivity index (χ2v) is 7.56. The van der Waals surface area contributed by atoms with Gasteiger partial charge in [0.1, 0.15) is 6.20 Å². The van der Waals surface area contributed by atoms with Crippen molar-refractivity contribution in [2.75, 3.05) is 13.1 Å². The van der Waals surface area contributed by atoms with Gasteiger partial charge in [-0.05, 0) is 73.8 Å². The van der Waals surface area contributed by atoms with E-state index >= 15 is 0 Å². The molecule has 0 atom stereocenters. The zero-order chi connectivity index (χ0) is 18.2. The van der Waals surface area contributed by atoms with Gasteiger partial charge < -0.3 is 9.88 Å². The molecule has 4 nitrogen and oxygen atoms in total. The molecule has 0 unspecified atom stereocenters. The zero-order valence-electron chi connectivity index (χ0n) is 15.5. The van der Waals surface area contributed by atoms with Crippen LogP contribution in [0.25, 0.3) is 16.6 Å². The van der Waals surface area contributed by atoms with E-state index < -0.39 is 0 Å². The first-order valence-electron chi connectivity index (χ1n) is 9.57. The molecule has 4 heteroatoms. The average molecular weight is 355 g/mol. The first-order chi connectivity index (χ1) is 13.3. The lowest BCUT2D eigenvalue weighted by Gasteiger charge is -2.27. The van der Waals surface area contributed by atoms with E-state index in [9.17, 15) is 0 Å². The number of hydrogen-bond acceptors (Lipinski definition) is 2. The Hall–Kier alpha value is -2.85. The van der Waals surface area contributed by atoms with Crippen molar-refractivity contribution in [1.29, 1.82) is 0 Å². The first-order valence-corrected chi connectivity index (χ1v) is 9.57. The number of hydrogen-bond donors (Lipinski definition) is 1. The summed E-state index contributed by atoms with van der Waals surface area (Å²) in [5.41, 5.74) is 6.20. The van der Waals surface area contributed by atoms with E-state index in [4.69, 9.17) is 0 Å². The Balaban J connectivity index is 1.36. The molecule has 2 aromatic carbocycles. The Morgan fingerprint density at radius 3 is 2.59 bits per heavy atom. The molecule has 1 fully saturated rings. The van der Waals surface area contributed by atoms with Crippen LogP contribution in [0.3, 0.4) is 0 Å². The first kappa shape index (κ1) is 16.3. The fourth-order valence-corrected chi connectivity index (χ4v) is 3.84. The molecule has 1 saturated heterocycles. The average Bonchev–Trinajstić information content (AvgIpc) is 3.25. The quantitative estimate of drug-likeness (QED) is 0.592. The van der Waals surface area contributed by atoms with Gasteiger partial charge in [-0.2, -0.15) is 5.10 Å². The van der Waals surface area contributed by atoms with E-state index in [0.717, 1.165) is 36.9 Å². The van der Waals surface area contributed by atoms with Crippen molar-refractivity contribution >= 4 is 10.9 Å². The number of benzene rings is 2. The second-order valence-electron chi connectivity index (χ2n) is 7.56. The third-order valence-electron chi connectivity index (χ3n) is 5.53. The van der Waals surface area contributed by atoms with Gasteiger partial charge in [-0.1, -0.05) is 24.3 Å². The van der Waals surface area contributed by atoms with Crippen LogP contribution in [0.5, 0.6) is 0 Å². The van der Waals surface area contributed by atoms with Gasteiger partial charge in [0.25, 0.3) is 0 Å². The molecular formula is C23H23N4. The molecule has 3 heterocycles. The van der Waals surface area contributed by atoms with Crippen molar-refractivity contribution in [2.24, 2.45) is 5.92 Å². The molecule has 0 saturated carbocycles. The zero-order valence-corrected chi connectivity index (χ0v) is 15.5. The minimum absolute atomic E-state index is 0.814. The maximum atomic E-state index is 4.29. The molecule has 1 aliphatic rings. The molecule has 0 bridgehead atoms. The van der Waals surface area contributed by atoms with Crippen LogP contribution in [0, 0.1) is 19.0 Å². The van der Waals surface area contributed by atoms with Crippen LogP contribution in [0.2, 0.25) is 0 Å². The predicted octanol–water partition coefficient (Wildman–Crippen LogP) is 3.75. The molecular weight excluding hydrogens is 332 g/mol. The molecule has 5 rings (SSSR count). The second kappa shape index (κ2) is 6.71. The van der Waals surface area contributed by atoms with Crippen LogP contribution in [-0.4, -0.2) is 27.4 Å². The van der Waals surface area contributed by atoms with Crippen molar-refractivity contribution in [3.05, 3.63) is 83.8 Å². The van der Waals surface area contributed by atoms with Crippen molar-refractivity contribution in [1.82, 2.24) is 19.7 Å². The maximum Gasteiger partial charge on any atom is 0.113 e. The van der Waals surface area contributed by atoms with E-state index in [1.807, 2.05) is 17.7 Å². The van der Waals surface area contributed by atoms with Gasteiger partial charge in [0.15, 0.2) is 0 Å². The minimum atomic E-state index is 0.814. The third-order valence-corrected chi connectivity index (χ3v) is 5.53. The Morgan fingerprint density at radius 1 is 1.07 bits per heavy atom. The Bertz CT molecular complexity index is 1070. The summed E-state index contributed by atoms with van der Waals surface area (Å²) in [6.07, 6.45) is 6.27. The lowest BCUT2D eigenvalue weighted by atomic mass is 9.94. The highest BCUT2D eigenvalue weighted by molar-refractivity contribution is 5.82. The largest absolute Gasteiger partial charge is 0.343 e. The van der Waals surface area contributed by atoms with E-state index in [-0.39, 0.29) is 0 Å². The monoisotopic (exact) mass is 355 g/mol. The van der Waals surface area contributed by atoms with Crippen molar-refractivity contribution in [2.45, 2.75) is 19.9 Å². The summed E-state index contributed by atoms with van der Waals surface area (Å²) in [6.45, 7) is 5.26. The van der Waals surface area contributed by atoms with Gasteiger partial charge in [0.05, 0.1) is 5.69 Å². The van der Waals surface area contributed by atoms with Crippen LogP contribution >= 0.6 is 0 Å². The van der Waals surface area contributed by atoms with Crippen LogP contribution in [0.4, 0.5) is 0 Å². The molecule has 0 spiro atoms. The maximum absolute atomic E-state index is 4.29. The highest BCUT2D eigenvalue weighted by Gasteiger charge is 2.16. The van der Waals surface area contributed by atoms with Crippen molar-refractivity contribution in [3.63, 3.8) is 0 Å². The lowest BCUT2D eigenvalue weighted by Crippen LogP contribution is -2.43. The Labute approximate surface area is 159 Å². The van der Waals surface area contributed by atoms with E-state index in [1.54, 1.807) is 0 Å². The fourth-order valence-electron chi connectivity index (χ4n) is 3.84. The molecule has 135 valence electrons. The van der Waals surface area contributed by atoms with Crippen LogP contribution in [0.1, 0.15) is 16.8 Å². The van der Waals surface area contributed by atoms with E-state index in [0.29, 0.717) is 0 Å². The number of nitrogens with zero attached hydrogens (tertiary/aromatic N) is 3. The van der Waals surface area contributed by atoms with E-state index in [2.05, 4.69) is 75.9 Å². The van der Waals surface area contributed by atoms with Crippen LogP contribution in [-0.2, 0) is 13.0 Å². The van der Waals surface area contributed by atoms with E-state index in [1.165, 1.54) is 28.5 Å². The fraction of sp³-hybridized carbons (Fsp3) is 0.261. The molecule has 1 radical (unpaired) electrons. The molecule has 0 aliphatic carbocycles. The highest BCUT2D eigenvalue weighted by atomic mass is 15.3. The van der Waals surface area contributed by atoms with Gasteiger partial charge in [-0.25, -0.2) is 4.68 Å². The summed E-state index contributed by atoms with van der Waals surface area (Å²) in [5.74, 6) is 0.814. The number of nitrogens with one attached hydrogen (secondary N) is 1. The SMILES string of the molecule is Cc1c[c]nn1-c1ccc2c(ccn2Cc2ccc(CC3CNC3)cc2)c1. The topological polar surface area (TPSA) is 34.8 Å². The highest BCUT2D eigenvalue weighted by Crippen LogP contribution is 2.22. The Kier molecular flexibility index (Phi) is 4.06. The van der Waals surface area contributed by atoms with Crippen molar-refractivity contribution < 1.29 is 0 Å². The third kappa shape index (κ3) is 3.17. The standard InChI is InChI=1S/C23H23N4/c1-17-8-10-25-27(17)22-6-7-23-21(13-22)9-11-26(23)16-19-4-2-18(3-5-19)12-20-14-24-15-20/h2-9,11,13,20,24H,12,14-16H2,1H3. The van der Waals surface area contributed by atoms with Gasteiger partial charge in [-0.3, -0.25) is 0 Å². The smallest absolute Gasteiger partial charge is 0.113 e. The summed E-state index contributed by atoms with van der Waals surface area (Å²) < 4.78 is 4.24. The summed E-state index contributed by atoms with van der Waals surface area (Å²) in [4.78, 5) is 0. The number of aromatic nitrogens is 3. The molecule has 27 heavy (non-hydrogen) atoms. The summed E-state index contributed by atoms with van der Waals surface area (Å²) >= 11 is 0. The van der Waals surface area contributed by atoms with Crippen molar-refractivity contribution in [3.8, 4) is 5.69 Å². The Morgan fingerprint density at radius 2 is 1.89 bits per heavy atom. The van der Waals surface area contributed by atoms with Crippen LogP contribution in [0.15, 0.2) is 60.8 Å². The lowest BCUT2D eigenvalue weighted by molar-refractivity contribution is 0.346. The number of fused-ring (bicyclic) bond motifs is 1. The molecule has 1 N–H and O–H groups in total. The molecule has 2 aromatic heterocycles. The normalized spacial score (nSPS) is 14.6.